The summed E-state index contributed by atoms with van der Waals surface area (Å²) in [5.74, 6) is -0.847. The Morgan fingerprint density at radius 1 is 0.291 bits per heavy atom. The topological polar surface area (TPSA) is 78.9 Å². The van der Waals surface area contributed by atoms with E-state index in [9.17, 15) is 14.4 Å². The summed E-state index contributed by atoms with van der Waals surface area (Å²) in [4.78, 5) is 37.8. The smallest absolute Gasteiger partial charge is 0.306 e. The molecule has 0 unspecified atom stereocenters. The van der Waals surface area contributed by atoms with Crippen LogP contribution in [0.4, 0.5) is 0 Å². The molecule has 0 radical (unpaired) electrons. The molecule has 0 spiro atoms. The lowest BCUT2D eigenvalue weighted by atomic mass is 10.0. The Labute approximate surface area is 342 Å². The molecule has 0 saturated heterocycles. The van der Waals surface area contributed by atoms with Gasteiger partial charge in [-0.3, -0.25) is 14.4 Å². The van der Waals surface area contributed by atoms with Gasteiger partial charge in [-0.1, -0.05) is 239 Å². The normalized spacial score (nSPS) is 11.8. The Hall–Kier alpha value is -1.59. The van der Waals surface area contributed by atoms with Crippen LogP contribution < -0.4 is 0 Å². The molecule has 0 aliphatic heterocycles. The number of unbranched alkanes of at least 4 members (excludes halogenated alkanes) is 34. The fourth-order valence-corrected chi connectivity index (χ4v) is 7.38. The van der Waals surface area contributed by atoms with E-state index in [-0.39, 0.29) is 31.1 Å². The molecule has 0 heterocycles. The molecule has 0 fully saturated rings. The highest BCUT2D eigenvalue weighted by molar-refractivity contribution is 5.71. The predicted octanol–water partition coefficient (Wildman–Crippen LogP) is 15.6. The summed E-state index contributed by atoms with van der Waals surface area (Å²) < 4.78 is 16.7. The quantitative estimate of drug-likeness (QED) is 0.0348. The molecule has 0 aliphatic carbocycles. The van der Waals surface area contributed by atoms with Crippen molar-refractivity contribution >= 4 is 17.9 Å². The Morgan fingerprint density at radius 3 is 0.727 bits per heavy atom. The van der Waals surface area contributed by atoms with Gasteiger partial charge in [-0.25, -0.2) is 0 Å². The number of ether oxygens (including phenoxy) is 3. The standard InChI is InChI=1S/C49H94O6/c1-4-7-10-13-16-19-22-24-26-28-31-33-36-39-42-48(51)54-45-46(55-49(52)43-40-37-34-29-21-18-15-12-9-6-3)44-53-47(50)41-38-35-32-30-27-25-23-20-17-14-11-8-5-2/h46H,4-45H2,1-3H3/t46-/m0/s1. The molecule has 6 nitrogen and oxygen atoms in total. The zero-order valence-electron chi connectivity index (χ0n) is 37.2. The second-order valence-corrected chi connectivity index (χ2v) is 16.7. The first-order valence-electron chi connectivity index (χ1n) is 24.5. The second kappa shape index (κ2) is 45.1. The van der Waals surface area contributed by atoms with Gasteiger partial charge in [0.1, 0.15) is 13.2 Å². The first kappa shape index (κ1) is 53.4. The van der Waals surface area contributed by atoms with Crippen molar-refractivity contribution in [2.45, 2.75) is 284 Å². The minimum atomic E-state index is -0.758. The average molecular weight is 779 g/mol. The van der Waals surface area contributed by atoms with Crippen LogP contribution in [0.2, 0.25) is 0 Å². The van der Waals surface area contributed by atoms with Crippen LogP contribution in [0.25, 0.3) is 0 Å². The van der Waals surface area contributed by atoms with E-state index in [2.05, 4.69) is 20.8 Å². The van der Waals surface area contributed by atoms with E-state index in [4.69, 9.17) is 14.2 Å². The maximum Gasteiger partial charge on any atom is 0.306 e. The highest BCUT2D eigenvalue weighted by Gasteiger charge is 2.19. The second-order valence-electron chi connectivity index (χ2n) is 16.7. The molecule has 0 aliphatic rings. The molecule has 326 valence electrons. The van der Waals surface area contributed by atoms with Crippen molar-refractivity contribution in [3.8, 4) is 0 Å². The van der Waals surface area contributed by atoms with Gasteiger partial charge in [-0.05, 0) is 19.3 Å². The number of hydrogen-bond acceptors (Lipinski definition) is 6. The molecular weight excluding hydrogens is 685 g/mol. The van der Waals surface area contributed by atoms with Crippen LogP contribution in [0, 0.1) is 0 Å². The number of rotatable bonds is 45. The Bertz CT molecular complexity index is 813. The van der Waals surface area contributed by atoms with Gasteiger partial charge in [0.2, 0.25) is 0 Å². The summed E-state index contributed by atoms with van der Waals surface area (Å²) in [6, 6.07) is 0. The highest BCUT2D eigenvalue weighted by atomic mass is 16.6. The molecule has 0 aromatic rings. The first-order valence-corrected chi connectivity index (χ1v) is 24.5. The van der Waals surface area contributed by atoms with E-state index in [0.717, 1.165) is 57.8 Å². The fourth-order valence-electron chi connectivity index (χ4n) is 7.38. The van der Waals surface area contributed by atoms with E-state index in [1.807, 2.05) is 0 Å². The van der Waals surface area contributed by atoms with Crippen molar-refractivity contribution in [1.29, 1.82) is 0 Å². The summed E-state index contributed by atoms with van der Waals surface area (Å²) in [6.45, 7) is 6.66. The fraction of sp³-hybridized carbons (Fsp3) is 0.939. The van der Waals surface area contributed by atoms with Gasteiger partial charge in [0.25, 0.3) is 0 Å². The van der Waals surface area contributed by atoms with Gasteiger partial charge >= 0.3 is 17.9 Å². The lowest BCUT2D eigenvalue weighted by Crippen LogP contribution is -2.30. The lowest BCUT2D eigenvalue weighted by molar-refractivity contribution is -0.167. The van der Waals surface area contributed by atoms with E-state index in [0.29, 0.717) is 19.3 Å². The molecule has 0 N–H and O–H groups in total. The van der Waals surface area contributed by atoms with Crippen molar-refractivity contribution in [2.75, 3.05) is 13.2 Å². The van der Waals surface area contributed by atoms with Crippen molar-refractivity contribution in [3.05, 3.63) is 0 Å². The third-order valence-corrected chi connectivity index (χ3v) is 11.1. The number of carbonyl (C=O) groups excluding carboxylic acids is 3. The molecular formula is C49H94O6. The van der Waals surface area contributed by atoms with Gasteiger partial charge in [0, 0.05) is 19.3 Å². The van der Waals surface area contributed by atoms with E-state index in [1.165, 1.54) is 180 Å². The molecule has 6 heteroatoms. The van der Waals surface area contributed by atoms with Crippen molar-refractivity contribution in [2.24, 2.45) is 0 Å². The third kappa shape index (κ3) is 43.4. The molecule has 0 bridgehead atoms. The zero-order chi connectivity index (χ0) is 40.1. The lowest BCUT2D eigenvalue weighted by Gasteiger charge is -2.18. The van der Waals surface area contributed by atoms with Gasteiger partial charge in [-0.15, -0.1) is 0 Å². The van der Waals surface area contributed by atoms with E-state index >= 15 is 0 Å². The van der Waals surface area contributed by atoms with Crippen LogP contribution in [0.5, 0.6) is 0 Å². The average Bonchev–Trinajstić information content (AvgIpc) is 3.18. The summed E-state index contributed by atoms with van der Waals surface area (Å²) in [7, 11) is 0. The highest BCUT2D eigenvalue weighted by Crippen LogP contribution is 2.16. The molecule has 55 heavy (non-hydrogen) atoms. The Balaban J connectivity index is 4.28. The summed E-state index contributed by atoms with van der Waals surface area (Å²) >= 11 is 0. The number of carbonyl (C=O) groups is 3. The summed E-state index contributed by atoms with van der Waals surface area (Å²) in [5, 5.41) is 0. The van der Waals surface area contributed by atoms with Crippen LogP contribution in [0.15, 0.2) is 0 Å². The Morgan fingerprint density at radius 2 is 0.491 bits per heavy atom. The molecule has 1 atom stereocenters. The maximum atomic E-state index is 12.7. The van der Waals surface area contributed by atoms with Crippen LogP contribution >= 0.6 is 0 Å². The van der Waals surface area contributed by atoms with Crippen molar-refractivity contribution in [3.63, 3.8) is 0 Å². The summed E-state index contributed by atoms with van der Waals surface area (Å²) in [5.41, 5.74) is 0. The first-order chi connectivity index (χ1) is 27.0. The Kier molecular flexibility index (Phi) is 43.8. The molecule has 0 rings (SSSR count). The minimum absolute atomic E-state index is 0.0623. The largest absolute Gasteiger partial charge is 0.462 e. The molecule has 0 aromatic carbocycles. The van der Waals surface area contributed by atoms with Crippen LogP contribution in [-0.2, 0) is 28.6 Å². The number of esters is 3. The SMILES string of the molecule is CCCCCCCCCCCCCCCCC(=O)OC[C@H](COC(=O)CCCCCCCCCCCCCCC)OC(=O)CCCCCCCCCCCC. The maximum absolute atomic E-state index is 12.7. The minimum Gasteiger partial charge on any atom is -0.462 e. The zero-order valence-corrected chi connectivity index (χ0v) is 37.2. The molecule has 0 aromatic heterocycles. The molecule has 0 saturated carbocycles. The van der Waals surface area contributed by atoms with Crippen molar-refractivity contribution in [1.82, 2.24) is 0 Å². The monoisotopic (exact) mass is 779 g/mol. The number of hydrogen-bond donors (Lipinski definition) is 0. The van der Waals surface area contributed by atoms with Gasteiger partial charge in [0.05, 0.1) is 0 Å². The third-order valence-electron chi connectivity index (χ3n) is 11.1. The van der Waals surface area contributed by atoms with E-state index in [1.54, 1.807) is 0 Å². The van der Waals surface area contributed by atoms with Crippen LogP contribution in [-0.4, -0.2) is 37.2 Å². The van der Waals surface area contributed by atoms with Gasteiger partial charge in [0.15, 0.2) is 6.10 Å². The molecule has 0 amide bonds. The van der Waals surface area contributed by atoms with Crippen molar-refractivity contribution < 1.29 is 28.6 Å². The summed E-state index contributed by atoms with van der Waals surface area (Å²) in [6.07, 6.45) is 46.5. The van der Waals surface area contributed by atoms with Crippen LogP contribution in [0.1, 0.15) is 278 Å². The predicted molar refractivity (Wildman–Crippen MR) is 233 cm³/mol. The van der Waals surface area contributed by atoms with Gasteiger partial charge < -0.3 is 14.2 Å². The van der Waals surface area contributed by atoms with Crippen LogP contribution in [0.3, 0.4) is 0 Å². The van der Waals surface area contributed by atoms with Gasteiger partial charge in [-0.2, -0.15) is 0 Å². The van der Waals surface area contributed by atoms with E-state index < -0.39 is 6.10 Å².